The minimum absolute atomic E-state index is 0.299. The van der Waals surface area contributed by atoms with Crippen LogP contribution >= 0.6 is 11.3 Å². The van der Waals surface area contributed by atoms with E-state index in [0.717, 1.165) is 5.52 Å². The van der Waals surface area contributed by atoms with Crippen LogP contribution in [0.5, 0.6) is 0 Å². The Labute approximate surface area is 152 Å². The molecule has 0 unspecified atom stereocenters. The van der Waals surface area contributed by atoms with Crippen molar-refractivity contribution in [3.63, 3.8) is 0 Å². The second-order valence-electron chi connectivity index (χ2n) is 5.58. The summed E-state index contributed by atoms with van der Waals surface area (Å²) in [5.41, 5.74) is 2.89. The lowest BCUT2D eigenvalue weighted by Gasteiger charge is -2.02. The first-order chi connectivity index (χ1) is 12.7. The van der Waals surface area contributed by atoms with E-state index in [2.05, 4.69) is 20.6 Å². The summed E-state index contributed by atoms with van der Waals surface area (Å²) >= 11 is 1.25. The number of anilines is 1. The lowest BCUT2D eigenvalue weighted by atomic mass is 10.1. The summed E-state index contributed by atoms with van der Waals surface area (Å²) < 4.78 is 15.6. The van der Waals surface area contributed by atoms with Gasteiger partial charge in [0.05, 0.1) is 11.2 Å². The van der Waals surface area contributed by atoms with Crippen molar-refractivity contribution in [2.45, 2.75) is 13.5 Å². The Morgan fingerprint density at radius 1 is 1.27 bits per heavy atom. The average Bonchev–Trinajstić information content (AvgIpc) is 3.28. The zero-order valence-electron chi connectivity index (χ0n) is 13.8. The summed E-state index contributed by atoms with van der Waals surface area (Å²) in [4.78, 5) is 16.8. The van der Waals surface area contributed by atoms with Crippen molar-refractivity contribution in [1.29, 1.82) is 0 Å². The van der Waals surface area contributed by atoms with Gasteiger partial charge >= 0.3 is 0 Å². The van der Waals surface area contributed by atoms with Crippen LogP contribution in [-0.2, 0) is 6.54 Å². The Morgan fingerprint density at radius 3 is 2.92 bits per heavy atom. The van der Waals surface area contributed by atoms with Gasteiger partial charge in [-0.15, -0.1) is 16.4 Å². The van der Waals surface area contributed by atoms with Gasteiger partial charge in [-0.05, 0) is 37.3 Å². The van der Waals surface area contributed by atoms with E-state index in [1.807, 2.05) is 13.0 Å². The highest BCUT2D eigenvalue weighted by atomic mass is 32.1. The second-order valence-corrected chi connectivity index (χ2v) is 6.44. The number of hydrogen-bond acceptors (Lipinski definition) is 5. The first kappa shape index (κ1) is 16.3. The Morgan fingerprint density at radius 2 is 2.12 bits per heavy atom. The molecule has 0 saturated carbocycles. The molecule has 1 N–H and O–H groups in total. The Kier molecular flexibility index (Phi) is 4.18. The van der Waals surface area contributed by atoms with Crippen molar-refractivity contribution >= 4 is 33.4 Å². The molecule has 2 heterocycles. The third kappa shape index (κ3) is 2.95. The highest BCUT2D eigenvalue weighted by Crippen LogP contribution is 2.27. The maximum atomic E-state index is 13.9. The van der Waals surface area contributed by atoms with Gasteiger partial charge in [-0.3, -0.25) is 10.1 Å². The van der Waals surface area contributed by atoms with Crippen molar-refractivity contribution < 1.29 is 9.18 Å². The van der Waals surface area contributed by atoms with Crippen LogP contribution in [-0.4, -0.2) is 25.9 Å². The van der Waals surface area contributed by atoms with Crippen molar-refractivity contribution in [3.8, 4) is 11.3 Å². The molecule has 0 bridgehead atoms. The molecule has 0 radical (unpaired) electrons. The summed E-state index contributed by atoms with van der Waals surface area (Å²) in [6.07, 6.45) is 0. The van der Waals surface area contributed by atoms with Gasteiger partial charge in [0.1, 0.15) is 11.3 Å². The van der Waals surface area contributed by atoms with Crippen molar-refractivity contribution in [2.24, 2.45) is 0 Å². The molecule has 0 spiro atoms. The van der Waals surface area contributed by atoms with Crippen molar-refractivity contribution in [2.75, 3.05) is 5.32 Å². The second kappa shape index (κ2) is 6.64. The average molecular weight is 367 g/mol. The van der Waals surface area contributed by atoms with Crippen LogP contribution in [0.4, 0.5) is 9.52 Å². The minimum Gasteiger partial charge on any atom is -0.298 e. The number of aromatic nitrogens is 4. The number of halogens is 1. The van der Waals surface area contributed by atoms with E-state index in [4.69, 9.17) is 0 Å². The molecule has 2 aromatic heterocycles. The molecule has 4 rings (SSSR count). The monoisotopic (exact) mass is 367 g/mol. The summed E-state index contributed by atoms with van der Waals surface area (Å²) in [5.74, 6) is -0.646. The standard InChI is InChI=1S/C18H14FN5OS/c1-2-24-16-8-7-11(9-14(16)22-23-24)17(25)21-18-20-15(10-26-18)12-5-3-4-6-13(12)19/h3-10H,2H2,1H3,(H,20,21,25). The molecular formula is C18H14FN5OS. The molecule has 4 aromatic rings. The predicted molar refractivity (Wildman–Crippen MR) is 98.7 cm³/mol. The number of carbonyl (C=O) groups excluding carboxylic acids is 1. The number of nitrogens with one attached hydrogen (secondary N) is 1. The molecule has 0 saturated heterocycles. The van der Waals surface area contributed by atoms with Crippen LogP contribution in [0.1, 0.15) is 17.3 Å². The highest BCUT2D eigenvalue weighted by molar-refractivity contribution is 7.14. The van der Waals surface area contributed by atoms with Gasteiger partial charge in [0, 0.05) is 23.1 Å². The molecule has 0 atom stereocenters. The largest absolute Gasteiger partial charge is 0.298 e. The third-order valence-electron chi connectivity index (χ3n) is 3.95. The highest BCUT2D eigenvalue weighted by Gasteiger charge is 2.13. The van der Waals surface area contributed by atoms with Gasteiger partial charge in [0.2, 0.25) is 0 Å². The van der Waals surface area contributed by atoms with Crippen LogP contribution in [0.3, 0.4) is 0 Å². The van der Waals surface area contributed by atoms with Crippen LogP contribution in [0, 0.1) is 5.82 Å². The van der Waals surface area contributed by atoms with E-state index < -0.39 is 0 Å². The molecule has 130 valence electrons. The van der Waals surface area contributed by atoms with Gasteiger partial charge < -0.3 is 0 Å². The lowest BCUT2D eigenvalue weighted by Crippen LogP contribution is -2.11. The molecule has 1 amide bonds. The number of fused-ring (bicyclic) bond motifs is 1. The minimum atomic E-state index is -0.347. The van der Waals surface area contributed by atoms with Crippen molar-refractivity contribution in [3.05, 3.63) is 59.2 Å². The Hall–Kier alpha value is -3.13. The molecule has 0 aliphatic heterocycles. The zero-order valence-corrected chi connectivity index (χ0v) is 14.6. The first-order valence-electron chi connectivity index (χ1n) is 8.00. The summed E-state index contributed by atoms with van der Waals surface area (Å²) in [5, 5.41) is 13.0. The molecule has 8 heteroatoms. The number of carbonyl (C=O) groups is 1. The fourth-order valence-corrected chi connectivity index (χ4v) is 3.35. The van der Waals surface area contributed by atoms with Crippen LogP contribution in [0.25, 0.3) is 22.3 Å². The number of thiazole rings is 1. The number of aryl methyl sites for hydroxylation is 1. The summed E-state index contributed by atoms with van der Waals surface area (Å²) in [7, 11) is 0. The normalized spacial score (nSPS) is 11.0. The molecule has 0 aliphatic rings. The third-order valence-corrected chi connectivity index (χ3v) is 4.71. The number of nitrogens with zero attached hydrogens (tertiary/aromatic N) is 4. The zero-order chi connectivity index (χ0) is 18.1. The number of hydrogen-bond donors (Lipinski definition) is 1. The quantitative estimate of drug-likeness (QED) is 0.592. The van der Waals surface area contributed by atoms with E-state index in [1.165, 1.54) is 17.4 Å². The van der Waals surface area contributed by atoms with E-state index in [0.29, 0.717) is 34.0 Å². The fraction of sp³-hybridized carbons (Fsp3) is 0.111. The summed E-state index contributed by atoms with van der Waals surface area (Å²) in [6, 6.07) is 11.6. The van der Waals surface area contributed by atoms with Crippen molar-refractivity contribution in [1.82, 2.24) is 20.0 Å². The molecule has 0 aliphatic carbocycles. The van der Waals surface area contributed by atoms with Crippen LogP contribution < -0.4 is 5.32 Å². The van der Waals surface area contributed by atoms with Gasteiger partial charge in [-0.25, -0.2) is 14.1 Å². The maximum Gasteiger partial charge on any atom is 0.257 e. The molecule has 0 fully saturated rings. The smallest absolute Gasteiger partial charge is 0.257 e. The van der Waals surface area contributed by atoms with Gasteiger partial charge in [0.15, 0.2) is 5.13 Å². The maximum absolute atomic E-state index is 13.9. The topological polar surface area (TPSA) is 72.7 Å². The lowest BCUT2D eigenvalue weighted by molar-refractivity contribution is 0.102. The predicted octanol–water partition coefficient (Wildman–Crippen LogP) is 3.97. The number of amides is 1. The Bertz CT molecular complexity index is 1100. The van der Waals surface area contributed by atoms with E-state index in [-0.39, 0.29) is 11.7 Å². The van der Waals surface area contributed by atoms with Gasteiger partial charge in [-0.2, -0.15) is 0 Å². The van der Waals surface area contributed by atoms with Gasteiger partial charge in [-0.1, -0.05) is 17.3 Å². The molecule has 26 heavy (non-hydrogen) atoms. The van der Waals surface area contributed by atoms with Gasteiger partial charge in [0.25, 0.3) is 5.91 Å². The summed E-state index contributed by atoms with van der Waals surface area (Å²) in [6.45, 7) is 2.68. The van der Waals surface area contributed by atoms with Crippen LogP contribution in [0.15, 0.2) is 47.8 Å². The molecular weight excluding hydrogens is 353 g/mol. The number of benzene rings is 2. The van der Waals surface area contributed by atoms with E-state index >= 15 is 0 Å². The van der Waals surface area contributed by atoms with E-state index in [1.54, 1.807) is 40.4 Å². The molecule has 6 nitrogen and oxygen atoms in total. The fourth-order valence-electron chi connectivity index (χ4n) is 2.64. The Balaban J connectivity index is 1.56. The first-order valence-corrected chi connectivity index (χ1v) is 8.88. The number of rotatable bonds is 4. The SMILES string of the molecule is CCn1nnc2cc(C(=O)Nc3nc(-c4ccccc4F)cs3)ccc21. The van der Waals surface area contributed by atoms with E-state index in [9.17, 15) is 9.18 Å². The van der Waals surface area contributed by atoms with Crippen LogP contribution in [0.2, 0.25) is 0 Å². The molecule has 2 aromatic carbocycles.